The number of fused-ring (bicyclic) bond motifs is 3. The molecule has 0 atom stereocenters. The first-order chi connectivity index (χ1) is 12.4. The molecule has 2 N–H and O–H groups in total. The van der Waals surface area contributed by atoms with E-state index in [1.807, 2.05) is 16.9 Å². The Balaban J connectivity index is 1.84. The van der Waals surface area contributed by atoms with Gasteiger partial charge in [-0.25, -0.2) is 17.2 Å². The molecule has 4 rings (SSSR count). The number of hydrogen-bond donors (Lipinski definition) is 2. The van der Waals surface area contributed by atoms with Gasteiger partial charge in [0.15, 0.2) is 0 Å². The predicted octanol–water partition coefficient (Wildman–Crippen LogP) is 4.45. The zero-order valence-corrected chi connectivity index (χ0v) is 14.5. The molecule has 4 aromatic rings. The van der Waals surface area contributed by atoms with Crippen LogP contribution in [0.4, 0.5) is 14.5 Å². The first-order valence-corrected chi connectivity index (χ1v) is 9.25. The molecule has 0 spiro atoms. The van der Waals surface area contributed by atoms with Crippen molar-refractivity contribution in [1.29, 1.82) is 0 Å². The van der Waals surface area contributed by atoms with E-state index in [0.717, 1.165) is 5.39 Å². The Morgan fingerprint density at radius 3 is 2.73 bits per heavy atom. The third kappa shape index (κ3) is 2.67. The van der Waals surface area contributed by atoms with Gasteiger partial charge in [0.05, 0.1) is 21.7 Å². The van der Waals surface area contributed by atoms with Crippen LogP contribution in [0.3, 0.4) is 0 Å². The van der Waals surface area contributed by atoms with Crippen molar-refractivity contribution in [3.63, 3.8) is 0 Å². The van der Waals surface area contributed by atoms with Crippen molar-refractivity contribution in [2.45, 2.75) is 4.90 Å². The van der Waals surface area contributed by atoms with E-state index in [4.69, 9.17) is 11.6 Å². The lowest BCUT2D eigenvalue weighted by Gasteiger charge is -2.09. The largest absolute Gasteiger partial charge is 0.359 e. The van der Waals surface area contributed by atoms with Gasteiger partial charge in [0, 0.05) is 29.2 Å². The van der Waals surface area contributed by atoms with Crippen LogP contribution in [0.5, 0.6) is 0 Å². The predicted molar refractivity (Wildman–Crippen MR) is 95.8 cm³/mol. The highest BCUT2D eigenvalue weighted by Gasteiger charge is 2.23. The van der Waals surface area contributed by atoms with Gasteiger partial charge < -0.3 is 4.98 Å². The van der Waals surface area contributed by atoms with E-state index in [0.29, 0.717) is 28.6 Å². The number of benzene rings is 2. The zero-order chi connectivity index (χ0) is 18.5. The summed E-state index contributed by atoms with van der Waals surface area (Å²) < 4.78 is 54.9. The van der Waals surface area contributed by atoms with Crippen LogP contribution in [0.2, 0.25) is 5.02 Å². The van der Waals surface area contributed by atoms with Crippen LogP contribution in [0.1, 0.15) is 0 Å². The van der Waals surface area contributed by atoms with Gasteiger partial charge in [0.1, 0.15) is 16.5 Å². The quantitative estimate of drug-likeness (QED) is 0.505. The van der Waals surface area contributed by atoms with E-state index in [1.165, 1.54) is 6.20 Å². The summed E-state index contributed by atoms with van der Waals surface area (Å²) in [6.07, 6.45) is 2.88. The Bertz CT molecular complexity index is 1270. The molecular weight excluding hydrogens is 384 g/mol. The minimum atomic E-state index is -4.19. The molecule has 2 aromatic heterocycles. The van der Waals surface area contributed by atoms with Gasteiger partial charge in [-0.2, -0.15) is 0 Å². The van der Waals surface area contributed by atoms with Gasteiger partial charge in [-0.05, 0) is 12.1 Å². The summed E-state index contributed by atoms with van der Waals surface area (Å²) in [4.78, 5) is 7.06. The number of sulfonamides is 1. The molecular formula is C17H10ClF2N3O2S. The second-order valence-electron chi connectivity index (χ2n) is 5.57. The molecule has 0 saturated carbocycles. The van der Waals surface area contributed by atoms with Gasteiger partial charge in [-0.3, -0.25) is 9.71 Å². The third-order valence-electron chi connectivity index (χ3n) is 3.93. The summed E-state index contributed by atoms with van der Waals surface area (Å²) in [7, 11) is -4.19. The first-order valence-electron chi connectivity index (χ1n) is 7.39. The molecule has 2 aromatic carbocycles. The Labute approximate surface area is 151 Å². The van der Waals surface area contributed by atoms with E-state index in [1.54, 1.807) is 18.3 Å². The van der Waals surface area contributed by atoms with E-state index >= 15 is 0 Å². The maximum atomic E-state index is 13.9. The molecule has 0 amide bonds. The maximum absolute atomic E-state index is 13.9. The van der Waals surface area contributed by atoms with Crippen LogP contribution in [0.25, 0.3) is 21.8 Å². The maximum Gasteiger partial charge on any atom is 0.264 e. The fraction of sp³-hybridized carbons (Fsp3) is 0. The van der Waals surface area contributed by atoms with Crippen LogP contribution < -0.4 is 4.72 Å². The van der Waals surface area contributed by atoms with E-state index in [2.05, 4.69) is 9.97 Å². The highest BCUT2D eigenvalue weighted by molar-refractivity contribution is 7.93. The average Bonchev–Trinajstić information content (AvgIpc) is 3.05. The van der Waals surface area contributed by atoms with E-state index in [-0.39, 0.29) is 4.90 Å². The molecule has 26 heavy (non-hydrogen) atoms. The van der Waals surface area contributed by atoms with Crippen molar-refractivity contribution >= 4 is 49.1 Å². The Morgan fingerprint density at radius 2 is 1.92 bits per heavy atom. The lowest BCUT2D eigenvalue weighted by Crippen LogP contribution is -2.14. The van der Waals surface area contributed by atoms with Gasteiger partial charge >= 0.3 is 0 Å². The smallest absolute Gasteiger partial charge is 0.264 e. The van der Waals surface area contributed by atoms with Crippen LogP contribution >= 0.6 is 11.6 Å². The van der Waals surface area contributed by atoms with Crippen molar-refractivity contribution in [3.05, 3.63) is 65.4 Å². The minimum Gasteiger partial charge on any atom is -0.359 e. The summed E-state index contributed by atoms with van der Waals surface area (Å²) in [5.41, 5.74) is 0.606. The molecule has 0 aliphatic heterocycles. The summed E-state index contributed by atoms with van der Waals surface area (Å²) in [5.74, 6) is -1.92. The lowest BCUT2D eigenvalue weighted by molar-refractivity contribution is 0.595. The fourth-order valence-corrected chi connectivity index (χ4v) is 4.07. The number of halogens is 3. The van der Waals surface area contributed by atoms with Crippen molar-refractivity contribution in [1.82, 2.24) is 9.97 Å². The molecule has 0 fully saturated rings. The first kappa shape index (κ1) is 16.7. The monoisotopic (exact) mass is 393 g/mol. The highest BCUT2D eigenvalue weighted by Crippen LogP contribution is 2.30. The van der Waals surface area contributed by atoms with Crippen LogP contribution in [-0.4, -0.2) is 18.4 Å². The van der Waals surface area contributed by atoms with Crippen LogP contribution in [0, 0.1) is 11.6 Å². The number of nitrogens with one attached hydrogen (secondary N) is 2. The summed E-state index contributed by atoms with van der Waals surface area (Å²) in [6.45, 7) is 0. The number of aromatic amines is 1. The second kappa shape index (κ2) is 5.93. The molecule has 5 nitrogen and oxygen atoms in total. The fourth-order valence-electron chi connectivity index (χ4n) is 2.72. The Kier molecular flexibility index (Phi) is 3.82. The topological polar surface area (TPSA) is 74.8 Å². The van der Waals surface area contributed by atoms with Crippen molar-refractivity contribution in [2.75, 3.05) is 4.72 Å². The molecule has 132 valence electrons. The number of rotatable bonds is 3. The number of H-pyrrole nitrogens is 1. The summed E-state index contributed by atoms with van der Waals surface area (Å²) in [6, 6.07) is 8.44. The SMILES string of the molecule is O=S(=O)(Nc1cc(F)c(Cl)cc1F)c1cnc2c1ccc1ccc[nH]c12. The van der Waals surface area contributed by atoms with Crippen molar-refractivity contribution < 1.29 is 17.2 Å². The van der Waals surface area contributed by atoms with Gasteiger partial charge in [0.25, 0.3) is 10.0 Å². The Morgan fingerprint density at radius 1 is 1.12 bits per heavy atom. The average molecular weight is 394 g/mol. The van der Waals surface area contributed by atoms with Crippen LogP contribution in [-0.2, 0) is 10.0 Å². The second-order valence-corrected chi connectivity index (χ2v) is 7.63. The standard InChI is InChI=1S/C17H10ClF2N3O2S/c18-11-6-13(20)14(7-12(11)19)23-26(24,25)15-8-22-17-10(15)4-3-9-2-1-5-21-16(9)17/h1-8,21,23H. The van der Waals surface area contributed by atoms with E-state index < -0.39 is 32.4 Å². The molecule has 9 heteroatoms. The number of nitrogens with zero attached hydrogens (tertiary/aromatic N) is 1. The molecule has 0 unspecified atom stereocenters. The van der Waals surface area contributed by atoms with Crippen molar-refractivity contribution in [3.8, 4) is 0 Å². The normalized spacial score (nSPS) is 12.0. The van der Waals surface area contributed by atoms with Crippen LogP contribution in [0.15, 0.2) is 53.7 Å². The number of anilines is 1. The highest BCUT2D eigenvalue weighted by atomic mass is 35.5. The number of hydrogen-bond acceptors (Lipinski definition) is 3. The van der Waals surface area contributed by atoms with Crippen molar-refractivity contribution in [2.24, 2.45) is 0 Å². The molecule has 0 radical (unpaired) electrons. The third-order valence-corrected chi connectivity index (χ3v) is 5.61. The molecule has 0 aliphatic rings. The lowest BCUT2D eigenvalue weighted by atomic mass is 10.1. The minimum absolute atomic E-state index is 0.138. The number of pyridine rings is 1. The molecule has 0 bridgehead atoms. The summed E-state index contributed by atoms with van der Waals surface area (Å²) >= 11 is 5.48. The number of aromatic nitrogens is 2. The van der Waals surface area contributed by atoms with Gasteiger partial charge in [-0.15, -0.1) is 0 Å². The van der Waals surface area contributed by atoms with Gasteiger partial charge in [-0.1, -0.05) is 29.8 Å². The van der Waals surface area contributed by atoms with Gasteiger partial charge in [0.2, 0.25) is 0 Å². The molecule has 0 saturated heterocycles. The molecule has 2 heterocycles. The Hall–Kier alpha value is -2.71. The van der Waals surface area contributed by atoms with E-state index in [9.17, 15) is 17.2 Å². The summed E-state index contributed by atoms with van der Waals surface area (Å²) in [5, 5.41) is 0.788. The zero-order valence-electron chi connectivity index (χ0n) is 12.9. The molecule has 0 aliphatic carbocycles.